The lowest BCUT2D eigenvalue weighted by Gasteiger charge is -2.08. The van der Waals surface area contributed by atoms with E-state index in [1.165, 1.54) is 12.8 Å². The van der Waals surface area contributed by atoms with Crippen molar-refractivity contribution in [2.75, 3.05) is 6.61 Å². The lowest BCUT2D eigenvalue weighted by Crippen LogP contribution is -1.98. The van der Waals surface area contributed by atoms with Crippen LogP contribution in [0.1, 0.15) is 44.7 Å². The highest BCUT2D eigenvalue weighted by Gasteiger charge is 2.05. The van der Waals surface area contributed by atoms with Crippen LogP contribution in [0.2, 0.25) is 0 Å². The highest BCUT2D eigenvalue weighted by Crippen LogP contribution is 2.21. The largest absolute Gasteiger partial charge is 0.494 e. The van der Waals surface area contributed by atoms with Crippen LogP contribution in [0.25, 0.3) is 0 Å². The molecule has 0 spiro atoms. The topological polar surface area (TPSA) is 38.7 Å². The molecule has 0 bridgehead atoms. The monoisotopic (exact) mass is 221 g/mol. The van der Waals surface area contributed by atoms with E-state index in [1.54, 1.807) is 6.92 Å². The minimum absolute atomic E-state index is 0.306. The summed E-state index contributed by atoms with van der Waals surface area (Å²) in [5, 5.41) is 3.00. The highest BCUT2D eigenvalue weighted by atomic mass is 16.5. The second-order valence-electron chi connectivity index (χ2n) is 3.91. The van der Waals surface area contributed by atoms with Gasteiger partial charge in [-0.2, -0.15) is 4.91 Å². The van der Waals surface area contributed by atoms with Crippen molar-refractivity contribution in [1.29, 1.82) is 0 Å². The summed E-state index contributed by atoms with van der Waals surface area (Å²) in [5.74, 6) is 0.823. The Hall–Kier alpha value is -1.38. The Morgan fingerprint density at radius 1 is 1.38 bits per heavy atom. The first kappa shape index (κ1) is 12.7. The van der Waals surface area contributed by atoms with Gasteiger partial charge in [-0.3, -0.25) is 0 Å². The SMILES string of the molecule is CCCCCOc1cccc(C(C)N=O)c1. The number of hydrogen-bond acceptors (Lipinski definition) is 3. The third-order valence-electron chi connectivity index (χ3n) is 2.52. The maximum absolute atomic E-state index is 10.4. The quantitative estimate of drug-likeness (QED) is 0.514. The molecule has 0 radical (unpaired) electrons. The standard InChI is InChI=1S/C13H19NO2/c1-3-4-5-9-16-13-8-6-7-12(10-13)11(2)14-15/h6-8,10-11H,3-5,9H2,1-2H3. The fourth-order valence-electron chi connectivity index (χ4n) is 1.47. The molecule has 0 aromatic heterocycles. The van der Waals surface area contributed by atoms with Gasteiger partial charge in [-0.05, 0) is 31.0 Å². The van der Waals surface area contributed by atoms with Crippen LogP contribution in [0.15, 0.2) is 29.4 Å². The van der Waals surface area contributed by atoms with Crippen molar-refractivity contribution >= 4 is 0 Å². The van der Waals surface area contributed by atoms with E-state index >= 15 is 0 Å². The summed E-state index contributed by atoms with van der Waals surface area (Å²) in [7, 11) is 0. The number of rotatable bonds is 7. The molecule has 3 nitrogen and oxygen atoms in total. The van der Waals surface area contributed by atoms with Crippen LogP contribution in [0, 0.1) is 4.91 Å². The normalized spacial score (nSPS) is 12.1. The van der Waals surface area contributed by atoms with Gasteiger partial charge in [0, 0.05) is 0 Å². The fraction of sp³-hybridized carbons (Fsp3) is 0.538. The summed E-state index contributed by atoms with van der Waals surface area (Å²) in [4.78, 5) is 10.4. The molecule has 0 heterocycles. The molecule has 0 saturated heterocycles. The van der Waals surface area contributed by atoms with Gasteiger partial charge in [0.2, 0.25) is 0 Å². The number of nitrogens with zero attached hydrogens (tertiary/aromatic N) is 1. The van der Waals surface area contributed by atoms with Crippen LogP contribution < -0.4 is 4.74 Å². The lowest BCUT2D eigenvalue weighted by molar-refractivity contribution is 0.306. The summed E-state index contributed by atoms with van der Waals surface area (Å²) in [5.41, 5.74) is 0.906. The first-order valence-corrected chi connectivity index (χ1v) is 5.83. The van der Waals surface area contributed by atoms with Crippen molar-refractivity contribution in [2.45, 2.75) is 39.2 Å². The zero-order chi connectivity index (χ0) is 11.8. The van der Waals surface area contributed by atoms with Crippen LogP contribution in [0.4, 0.5) is 0 Å². The molecule has 88 valence electrons. The number of benzene rings is 1. The third-order valence-corrected chi connectivity index (χ3v) is 2.52. The lowest BCUT2D eigenvalue weighted by atomic mass is 10.1. The van der Waals surface area contributed by atoms with Crippen LogP contribution in [0.5, 0.6) is 5.75 Å². The first-order chi connectivity index (χ1) is 7.77. The Morgan fingerprint density at radius 3 is 2.88 bits per heavy atom. The average molecular weight is 221 g/mol. The Bertz CT molecular complexity index is 325. The molecule has 16 heavy (non-hydrogen) atoms. The van der Waals surface area contributed by atoms with Gasteiger partial charge in [-0.15, -0.1) is 0 Å². The number of unbranched alkanes of at least 4 members (excludes halogenated alkanes) is 2. The van der Waals surface area contributed by atoms with Crippen LogP contribution >= 0.6 is 0 Å². The summed E-state index contributed by atoms with van der Waals surface area (Å²) in [6.45, 7) is 4.68. The predicted molar refractivity (Wildman–Crippen MR) is 65.7 cm³/mol. The maximum atomic E-state index is 10.4. The molecule has 1 aromatic carbocycles. The molecule has 0 aliphatic heterocycles. The third kappa shape index (κ3) is 4.01. The van der Waals surface area contributed by atoms with Gasteiger partial charge in [0.05, 0.1) is 6.61 Å². The molecule has 1 rings (SSSR count). The molecule has 0 fully saturated rings. The van der Waals surface area contributed by atoms with E-state index < -0.39 is 0 Å². The minimum Gasteiger partial charge on any atom is -0.494 e. The number of ether oxygens (including phenoxy) is 1. The van der Waals surface area contributed by atoms with E-state index in [1.807, 2.05) is 24.3 Å². The Balaban J connectivity index is 2.50. The van der Waals surface area contributed by atoms with E-state index in [2.05, 4.69) is 12.1 Å². The van der Waals surface area contributed by atoms with Gasteiger partial charge in [0.15, 0.2) is 0 Å². The van der Waals surface area contributed by atoms with Crippen LogP contribution in [0.3, 0.4) is 0 Å². The highest BCUT2D eigenvalue weighted by molar-refractivity contribution is 5.30. The molecule has 3 heteroatoms. The molecule has 1 unspecified atom stereocenters. The van der Waals surface area contributed by atoms with Crippen molar-refractivity contribution in [3.63, 3.8) is 0 Å². The van der Waals surface area contributed by atoms with Gasteiger partial charge in [0.1, 0.15) is 11.8 Å². The van der Waals surface area contributed by atoms with E-state index in [9.17, 15) is 4.91 Å². The zero-order valence-electron chi connectivity index (χ0n) is 9.98. The smallest absolute Gasteiger partial charge is 0.119 e. The molecule has 0 saturated carbocycles. The van der Waals surface area contributed by atoms with Gasteiger partial charge in [-0.25, -0.2) is 0 Å². The molecule has 0 N–H and O–H groups in total. The number of hydrogen-bond donors (Lipinski definition) is 0. The molecule has 1 atom stereocenters. The molecular weight excluding hydrogens is 202 g/mol. The van der Waals surface area contributed by atoms with Crippen molar-refractivity contribution in [1.82, 2.24) is 0 Å². The summed E-state index contributed by atoms with van der Waals surface area (Å²) < 4.78 is 5.60. The number of nitroso groups, excluding NO2 is 1. The van der Waals surface area contributed by atoms with E-state index in [4.69, 9.17) is 4.74 Å². The Labute approximate surface area is 96.8 Å². The van der Waals surface area contributed by atoms with Crippen molar-refractivity contribution < 1.29 is 4.74 Å². The molecule has 0 aliphatic rings. The van der Waals surface area contributed by atoms with Gasteiger partial charge < -0.3 is 4.74 Å². The molecule has 1 aromatic rings. The van der Waals surface area contributed by atoms with Gasteiger partial charge >= 0.3 is 0 Å². The first-order valence-electron chi connectivity index (χ1n) is 5.83. The summed E-state index contributed by atoms with van der Waals surface area (Å²) >= 11 is 0. The van der Waals surface area contributed by atoms with Crippen LogP contribution in [-0.4, -0.2) is 6.61 Å². The summed E-state index contributed by atoms with van der Waals surface area (Å²) in [6, 6.07) is 7.28. The molecule has 0 amide bonds. The maximum Gasteiger partial charge on any atom is 0.119 e. The summed E-state index contributed by atoms with van der Waals surface area (Å²) in [6.07, 6.45) is 3.45. The van der Waals surface area contributed by atoms with Gasteiger partial charge in [-0.1, -0.05) is 37.1 Å². The average Bonchev–Trinajstić information content (AvgIpc) is 2.34. The van der Waals surface area contributed by atoms with E-state index in [0.717, 1.165) is 24.3 Å². The predicted octanol–water partition coefficient (Wildman–Crippen LogP) is 4.08. The van der Waals surface area contributed by atoms with Crippen molar-refractivity contribution in [3.8, 4) is 5.75 Å². The van der Waals surface area contributed by atoms with E-state index in [0.29, 0.717) is 0 Å². The Kier molecular flexibility index (Phi) is 5.54. The second-order valence-corrected chi connectivity index (χ2v) is 3.91. The molecular formula is C13H19NO2. The zero-order valence-corrected chi connectivity index (χ0v) is 9.98. The van der Waals surface area contributed by atoms with Gasteiger partial charge in [0.25, 0.3) is 0 Å². The second kappa shape index (κ2) is 6.99. The van der Waals surface area contributed by atoms with Crippen molar-refractivity contribution in [3.05, 3.63) is 34.7 Å². The minimum atomic E-state index is -0.306. The van der Waals surface area contributed by atoms with E-state index in [-0.39, 0.29) is 6.04 Å². The van der Waals surface area contributed by atoms with Crippen molar-refractivity contribution in [2.24, 2.45) is 5.18 Å². The molecule has 0 aliphatic carbocycles. The fourth-order valence-corrected chi connectivity index (χ4v) is 1.47. The Morgan fingerprint density at radius 2 is 2.19 bits per heavy atom. The van der Waals surface area contributed by atoms with Crippen LogP contribution in [-0.2, 0) is 0 Å².